The highest BCUT2D eigenvalue weighted by Crippen LogP contribution is 2.37. The molecule has 0 saturated heterocycles. The summed E-state index contributed by atoms with van der Waals surface area (Å²) in [4.78, 5) is 15.0. The molecule has 0 unspecified atom stereocenters. The van der Waals surface area contributed by atoms with Crippen molar-refractivity contribution in [2.24, 2.45) is 0 Å². The molecule has 3 aromatic carbocycles. The smallest absolute Gasteiger partial charge is 0.273 e. The lowest BCUT2D eigenvalue weighted by Gasteiger charge is -2.05. The minimum absolute atomic E-state index is 0.0122. The zero-order chi connectivity index (χ0) is 18.3. The Labute approximate surface area is 147 Å². The van der Waals surface area contributed by atoms with E-state index in [9.17, 15) is 15.2 Å². The SMILES string of the molecule is Cc1c(-c2noc(-c3c(O)ccc4ccccc34)n2)cccc1[N+](=O)[O-]. The van der Waals surface area contributed by atoms with Crippen LogP contribution in [0.1, 0.15) is 5.56 Å². The average Bonchev–Trinajstić information content (AvgIpc) is 3.10. The number of benzene rings is 3. The van der Waals surface area contributed by atoms with Gasteiger partial charge < -0.3 is 9.63 Å². The predicted molar refractivity (Wildman–Crippen MR) is 95.7 cm³/mol. The van der Waals surface area contributed by atoms with E-state index in [0.29, 0.717) is 16.7 Å². The molecule has 0 spiro atoms. The zero-order valence-electron chi connectivity index (χ0n) is 13.7. The number of nitrogens with zero attached hydrogens (tertiary/aromatic N) is 3. The van der Waals surface area contributed by atoms with Crippen molar-refractivity contribution in [1.82, 2.24) is 10.1 Å². The molecule has 1 N–H and O–H groups in total. The van der Waals surface area contributed by atoms with Crippen LogP contribution in [0.25, 0.3) is 33.6 Å². The topological polar surface area (TPSA) is 102 Å². The van der Waals surface area contributed by atoms with Crippen LogP contribution in [-0.2, 0) is 0 Å². The fourth-order valence-corrected chi connectivity index (χ4v) is 2.98. The van der Waals surface area contributed by atoms with Gasteiger partial charge in [-0.15, -0.1) is 0 Å². The molecule has 0 saturated carbocycles. The highest BCUT2D eigenvalue weighted by atomic mass is 16.6. The van der Waals surface area contributed by atoms with Gasteiger partial charge >= 0.3 is 0 Å². The molecule has 0 atom stereocenters. The molecule has 0 aliphatic rings. The Morgan fingerprint density at radius 1 is 1.08 bits per heavy atom. The molecule has 0 bridgehead atoms. The second kappa shape index (κ2) is 5.96. The number of phenolic OH excluding ortho intramolecular Hbond substituents is 1. The van der Waals surface area contributed by atoms with Gasteiger partial charge in [0.15, 0.2) is 0 Å². The molecule has 0 fully saturated rings. The largest absolute Gasteiger partial charge is 0.507 e. The average molecular weight is 347 g/mol. The number of rotatable bonds is 3. The number of nitro groups is 1. The van der Waals surface area contributed by atoms with Gasteiger partial charge in [-0.3, -0.25) is 10.1 Å². The molecule has 128 valence electrons. The van der Waals surface area contributed by atoms with Gasteiger partial charge in [-0.25, -0.2) is 0 Å². The third-order valence-corrected chi connectivity index (χ3v) is 4.29. The van der Waals surface area contributed by atoms with Crippen LogP contribution in [0.5, 0.6) is 5.75 Å². The molecule has 26 heavy (non-hydrogen) atoms. The van der Waals surface area contributed by atoms with Gasteiger partial charge in [-0.1, -0.05) is 47.6 Å². The van der Waals surface area contributed by atoms with Crippen molar-refractivity contribution in [2.45, 2.75) is 6.92 Å². The predicted octanol–water partition coefficient (Wildman–Crippen LogP) is 4.48. The summed E-state index contributed by atoms with van der Waals surface area (Å²) in [6.45, 7) is 1.64. The van der Waals surface area contributed by atoms with Crippen molar-refractivity contribution in [3.8, 4) is 28.6 Å². The molecule has 0 amide bonds. The third kappa shape index (κ3) is 2.46. The third-order valence-electron chi connectivity index (χ3n) is 4.29. The maximum atomic E-state index is 11.1. The number of hydrogen-bond acceptors (Lipinski definition) is 6. The van der Waals surface area contributed by atoms with E-state index in [1.54, 1.807) is 31.2 Å². The second-order valence-corrected chi connectivity index (χ2v) is 5.81. The summed E-state index contributed by atoms with van der Waals surface area (Å²) in [5, 5.41) is 27.1. The van der Waals surface area contributed by atoms with E-state index in [4.69, 9.17) is 4.52 Å². The fraction of sp³-hybridized carbons (Fsp3) is 0.0526. The maximum Gasteiger partial charge on any atom is 0.273 e. The van der Waals surface area contributed by atoms with Gasteiger partial charge in [0.1, 0.15) is 5.75 Å². The molecule has 0 aliphatic carbocycles. The second-order valence-electron chi connectivity index (χ2n) is 5.81. The van der Waals surface area contributed by atoms with Crippen LogP contribution in [0.4, 0.5) is 5.69 Å². The first-order valence-electron chi connectivity index (χ1n) is 7.85. The summed E-state index contributed by atoms with van der Waals surface area (Å²) < 4.78 is 5.36. The van der Waals surface area contributed by atoms with Gasteiger partial charge in [-0.2, -0.15) is 4.98 Å². The number of hydrogen-bond donors (Lipinski definition) is 1. The first kappa shape index (κ1) is 15.8. The molecular formula is C19H13N3O4. The van der Waals surface area contributed by atoms with Crippen molar-refractivity contribution in [3.05, 3.63) is 70.3 Å². The van der Waals surface area contributed by atoms with E-state index in [0.717, 1.165) is 10.8 Å². The van der Waals surface area contributed by atoms with Crippen molar-refractivity contribution in [1.29, 1.82) is 0 Å². The summed E-state index contributed by atoms with van der Waals surface area (Å²) >= 11 is 0. The Morgan fingerprint density at radius 3 is 2.69 bits per heavy atom. The molecule has 4 rings (SSSR count). The Balaban J connectivity index is 1.88. The summed E-state index contributed by atoms with van der Waals surface area (Å²) in [5.41, 5.74) is 1.38. The standard InChI is InChI=1S/C19H13N3O4/c1-11-13(7-4-8-15(11)22(24)25)18-20-19(26-21-18)17-14-6-3-2-5-12(14)9-10-16(17)23/h2-10,23H,1H3. The summed E-state index contributed by atoms with van der Waals surface area (Å²) in [7, 11) is 0. The van der Waals surface area contributed by atoms with Gasteiger partial charge in [0, 0.05) is 17.2 Å². The van der Waals surface area contributed by atoms with E-state index >= 15 is 0 Å². The molecule has 1 aromatic heterocycles. The van der Waals surface area contributed by atoms with E-state index in [-0.39, 0.29) is 23.2 Å². The lowest BCUT2D eigenvalue weighted by molar-refractivity contribution is -0.385. The van der Waals surface area contributed by atoms with Crippen LogP contribution in [0.3, 0.4) is 0 Å². The van der Waals surface area contributed by atoms with Gasteiger partial charge in [0.2, 0.25) is 5.82 Å². The number of nitro benzene ring substituents is 1. The molecule has 0 aliphatic heterocycles. The number of fused-ring (bicyclic) bond motifs is 1. The van der Waals surface area contributed by atoms with Crippen molar-refractivity contribution >= 4 is 16.5 Å². The number of aromatic nitrogens is 2. The quantitative estimate of drug-likeness (QED) is 0.433. The number of aromatic hydroxyl groups is 1. The van der Waals surface area contributed by atoms with Gasteiger partial charge in [-0.05, 0) is 23.8 Å². The van der Waals surface area contributed by atoms with E-state index in [1.165, 1.54) is 6.07 Å². The molecule has 4 aromatic rings. The van der Waals surface area contributed by atoms with E-state index < -0.39 is 4.92 Å². The van der Waals surface area contributed by atoms with Crippen molar-refractivity contribution < 1.29 is 14.6 Å². The maximum absolute atomic E-state index is 11.1. The summed E-state index contributed by atoms with van der Waals surface area (Å²) in [5.74, 6) is 0.406. The Hall–Kier alpha value is -3.74. The molecular weight excluding hydrogens is 334 g/mol. The van der Waals surface area contributed by atoms with Gasteiger partial charge in [0.25, 0.3) is 11.6 Å². The highest BCUT2D eigenvalue weighted by Gasteiger charge is 2.21. The van der Waals surface area contributed by atoms with Crippen molar-refractivity contribution in [2.75, 3.05) is 0 Å². The lowest BCUT2D eigenvalue weighted by atomic mass is 10.0. The lowest BCUT2D eigenvalue weighted by Crippen LogP contribution is -1.94. The number of phenols is 1. The van der Waals surface area contributed by atoms with E-state index in [1.807, 2.05) is 24.3 Å². The Bertz CT molecular complexity index is 1150. The van der Waals surface area contributed by atoms with Crippen LogP contribution in [-0.4, -0.2) is 20.2 Å². The Morgan fingerprint density at radius 2 is 1.88 bits per heavy atom. The van der Waals surface area contributed by atoms with E-state index in [2.05, 4.69) is 10.1 Å². The normalized spacial score (nSPS) is 11.0. The van der Waals surface area contributed by atoms with Crippen molar-refractivity contribution in [3.63, 3.8) is 0 Å². The van der Waals surface area contributed by atoms with Crippen LogP contribution in [0.15, 0.2) is 59.1 Å². The first-order valence-corrected chi connectivity index (χ1v) is 7.85. The molecule has 1 heterocycles. The monoisotopic (exact) mass is 347 g/mol. The summed E-state index contributed by atoms with van der Waals surface area (Å²) in [6.07, 6.45) is 0. The summed E-state index contributed by atoms with van der Waals surface area (Å²) in [6, 6.07) is 15.6. The van der Waals surface area contributed by atoms with Crippen LogP contribution >= 0.6 is 0 Å². The van der Waals surface area contributed by atoms with Crippen LogP contribution < -0.4 is 0 Å². The minimum Gasteiger partial charge on any atom is -0.507 e. The highest BCUT2D eigenvalue weighted by molar-refractivity contribution is 5.97. The van der Waals surface area contributed by atoms with Crippen LogP contribution in [0, 0.1) is 17.0 Å². The molecule has 7 nitrogen and oxygen atoms in total. The first-order chi connectivity index (χ1) is 12.6. The van der Waals surface area contributed by atoms with Gasteiger partial charge in [0.05, 0.1) is 10.5 Å². The molecule has 7 heteroatoms. The van der Waals surface area contributed by atoms with Crippen LogP contribution in [0.2, 0.25) is 0 Å². The minimum atomic E-state index is -0.448. The molecule has 0 radical (unpaired) electrons. The zero-order valence-corrected chi connectivity index (χ0v) is 13.7. The fourth-order valence-electron chi connectivity index (χ4n) is 2.98. The Kier molecular flexibility index (Phi) is 3.62.